The first kappa shape index (κ1) is 11.0. The Kier molecular flexibility index (Phi) is 4.39. The molecular weight excluding hydrogens is 184 g/mol. The lowest BCUT2D eigenvalue weighted by molar-refractivity contribution is -0.133. The van der Waals surface area contributed by atoms with Gasteiger partial charge in [0.05, 0.1) is 12.6 Å². The van der Waals surface area contributed by atoms with Crippen LogP contribution in [0.3, 0.4) is 0 Å². The maximum Gasteiger partial charge on any atom is 0.241 e. The van der Waals surface area contributed by atoms with Crippen molar-refractivity contribution in [1.82, 2.24) is 10.2 Å². The second-order valence-corrected chi connectivity index (χ2v) is 3.31. The summed E-state index contributed by atoms with van der Waals surface area (Å²) >= 11 is 0. The van der Waals surface area contributed by atoms with Gasteiger partial charge in [-0.05, 0) is 12.8 Å². The van der Waals surface area contributed by atoms with Crippen molar-refractivity contribution in [3.05, 3.63) is 0 Å². The number of nitrogens with one attached hydrogen (secondary N) is 1. The first-order chi connectivity index (χ1) is 6.77. The van der Waals surface area contributed by atoms with Crippen molar-refractivity contribution in [2.45, 2.75) is 18.9 Å². The molecule has 0 aromatic rings. The molecule has 14 heavy (non-hydrogen) atoms. The molecule has 80 valence electrons. The van der Waals surface area contributed by atoms with Crippen LogP contribution in [-0.2, 0) is 14.3 Å². The summed E-state index contributed by atoms with van der Waals surface area (Å²) in [4.78, 5) is 23.2. The van der Waals surface area contributed by atoms with E-state index in [4.69, 9.17) is 4.74 Å². The van der Waals surface area contributed by atoms with Gasteiger partial charge in [-0.15, -0.1) is 0 Å². The molecule has 0 unspecified atom stereocenters. The van der Waals surface area contributed by atoms with E-state index < -0.39 is 0 Å². The molecule has 2 amide bonds. The number of nitrogens with zero attached hydrogens (tertiary/aromatic N) is 1. The highest BCUT2D eigenvalue weighted by Crippen LogP contribution is 2.12. The maximum atomic E-state index is 11.4. The van der Waals surface area contributed by atoms with Crippen LogP contribution in [0.25, 0.3) is 0 Å². The second kappa shape index (κ2) is 5.59. The SMILES string of the molecule is COC1CCN(C(=O)CNC=O)CC1. The average Bonchev–Trinajstić information content (AvgIpc) is 2.26. The molecule has 1 heterocycles. The van der Waals surface area contributed by atoms with Crippen molar-refractivity contribution >= 4 is 12.3 Å². The van der Waals surface area contributed by atoms with Crippen LogP contribution in [0.4, 0.5) is 0 Å². The third-order valence-corrected chi connectivity index (χ3v) is 2.46. The molecule has 0 aliphatic carbocycles. The number of carbonyl (C=O) groups is 2. The molecule has 0 radical (unpaired) electrons. The van der Waals surface area contributed by atoms with Crippen LogP contribution in [0.2, 0.25) is 0 Å². The molecule has 1 fully saturated rings. The minimum Gasteiger partial charge on any atom is -0.381 e. The van der Waals surface area contributed by atoms with E-state index in [1.807, 2.05) is 0 Å². The Bertz CT molecular complexity index is 200. The van der Waals surface area contributed by atoms with Gasteiger partial charge in [0.25, 0.3) is 0 Å². The molecule has 0 atom stereocenters. The highest BCUT2D eigenvalue weighted by atomic mass is 16.5. The summed E-state index contributed by atoms with van der Waals surface area (Å²) in [5.74, 6) is -0.0216. The molecule has 1 rings (SSSR count). The fraction of sp³-hybridized carbons (Fsp3) is 0.778. The van der Waals surface area contributed by atoms with Gasteiger partial charge in [0.15, 0.2) is 0 Å². The Morgan fingerprint density at radius 3 is 2.71 bits per heavy atom. The van der Waals surface area contributed by atoms with Gasteiger partial charge in [-0.2, -0.15) is 0 Å². The maximum absolute atomic E-state index is 11.4. The van der Waals surface area contributed by atoms with E-state index >= 15 is 0 Å². The fourth-order valence-corrected chi connectivity index (χ4v) is 1.58. The number of rotatable bonds is 4. The van der Waals surface area contributed by atoms with Gasteiger partial charge >= 0.3 is 0 Å². The Morgan fingerprint density at radius 1 is 1.57 bits per heavy atom. The molecule has 0 saturated carbocycles. The van der Waals surface area contributed by atoms with Gasteiger partial charge in [0, 0.05) is 20.2 Å². The van der Waals surface area contributed by atoms with Gasteiger partial charge in [-0.1, -0.05) is 0 Å². The van der Waals surface area contributed by atoms with Crippen LogP contribution in [0.5, 0.6) is 0 Å². The topological polar surface area (TPSA) is 58.6 Å². The molecule has 0 bridgehead atoms. The van der Waals surface area contributed by atoms with Crippen molar-refractivity contribution in [1.29, 1.82) is 0 Å². The predicted octanol–water partition coefficient (Wildman–Crippen LogP) is -0.630. The number of ether oxygens (including phenoxy) is 1. The summed E-state index contributed by atoms with van der Waals surface area (Å²) < 4.78 is 5.19. The molecule has 1 aliphatic heterocycles. The van der Waals surface area contributed by atoms with Crippen LogP contribution in [0, 0.1) is 0 Å². The molecule has 5 heteroatoms. The van der Waals surface area contributed by atoms with E-state index in [0.29, 0.717) is 6.41 Å². The highest BCUT2D eigenvalue weighted by molar-refractivity contribution is 5.80. The number of hydrogen-bond donors (Lipinski definition) is 1. The predicted molar refractivity (Wildman–Crippen MR) is 50.7 cm³/mol. The Morgan fingerprint density at radius 2 is 2.21 bits per heavy atom. The Balaban J connectivity index is 2.26. The number of piperidine rings is 1. The lowest BCUT2D eigenvalue weighted by Crippen LogP contribution is -2.44. The fourth-order valence-electron chi connectivity index (χ4n) is 1.58. The summed E-state index contributed by atoms with van der Waals surface area (Å²) in [5.41, 5.74) is 0. The minimum absolute atomic E-state index is 0.0216. The van der Waals surface area contributed by atoms with E-state index in [-0.39, 0.29) is 18.6 Å². The first-order valence-electron chi connectivity index (χ1n) is 4.75. The second-order valence-electron chi connectivity index (χ2n) is 3.31. The number of hydrogen-bond acceptors (Lipinski definition) is 3. The number of methoxy groups -OCH3 is 1. The van der Waals surface area contributed by atoms with Crippen LogP contribution in [-0.4, -0.2) is 50.1 Å². The Labute approximate surface area is 83.4 Å². The molecule has 0 aromatic heterocycles. The van der Waals surface area contributed by atoms with Crippen LogP contribution in [0.15, 0.2) is 0 Å². The summed E-state index contributed by atoms with van der Waals surface area (Å²) in [5, 5.41) is 2.37. The summed E-state index contributed by atoms with van der Waals surface area (Å²) in [6.07, 6.45) is 2.57. The van der Waals surface area contributed by atoms with Crippen molar-refractivity contribution in [2.24, 2.45) is 0 Å². The standard InChI is InChI=1S/C9H16N2O3/c1-14-8-2-4-11(5-3-8)9(13)6-10-7-12/h7-8H,2-6H2,1H3,(H,10,12). The van der Waals surface area contributed by atoms with Crippen LogP contribution >= 0.6 is 0 Å². The number of amides is 2. The quantitative estimate of drug-likeness (QED) is 0.615. The molecule has 5 nitrogen and oxygen atoms in total. The van der Waals surface area contributed by atoms with E-state index in [0.717, 1.165) is 25.9 Å². The van der Waals surface area contributed by atoms with Crippen molar-refractivity contribution in [2.75, 3.05) is 26.7 Å². The third-order valence-electron chi connectivity index (χ3n) is 2.46. The number of carbonyl (C=O) groups excluding carboxylic acids is 2. The van der Waals surface area contributed by atoms with Gasteiger partial charge in [-0.3, -0.25) is 9.59 Å². The normalized spacial score (nSPS) is 17.9. The summed E-state index contributed by atoms with van der Waals surface area (Å²) in [6.45, 7) is 1.54. The van der Waals surface area contributed by atoms with Gasteiger partial charge in [-0.25, -0.2) is 0 Å². The number of likely N-dealkylation sites (tertiary alicyclic amines) is 1. The smallest absolute Gasteiger partial charge is 0.241 e. The zero-order valence-corrected chi connectivity index (χ0v) is 8.36. The molecule has 0 spiro atoms. The third kappa shape index (κ3) is 2.99. The van der Waals surface area contributed by atoms with Crippen LogP contribution in [0.1, 0.15) is 12.8 Å². The van der Waals surface area contributed by atoms with Crippen molar-refractivity contribution in [3.63, 3.8) is 0 Å². The summed E-state index contributed by atoms with van der Waals surface area (Å²) in [6, 6.07) is 0. The van der Waals surface area contributed by atoms with E-state index in [2.05, 4.69) is 5.32 Å². The molecule has 1 N–H and O–H groups in total. The lowest BCUT2D eigenvalue weighted by Gasteiger charge is -2.31. The summed E-state index contributed by atoms with van der Waals surface area (Å²) in [7, 11) is 1.69. The Hall–Kier alpha value is -1.10. The first-order valence-corrected chi connectivity index (χ1v) is 4.75. The highest BCUT2D eigenvalue weighted by Gasteiger charge is 2.21. The van der Waals surface area contributed by atoms with Gasteiger partial charge < -0.3 is 15.0 Å². The minimum atomic E-state index is -0.0216. The van der Waals surface area contributed by atoms with Gasteiger partial charge in [0.2, 0.25) is 12.3 Å². The lowest BCUT2D eigenvalue weighted by atomic mass is 10.1. The van der Waals surface area contributed by atoms with Gasteiger partial charge in [0.1, 0.15) is 0 Å². The van der Waals surface area contributed by atoms with Crippen molar-refractivity contribution < 1.29 is 14.3 Å². The monoisotopic (exact) mass is 200 g/mol. The average molecular weight is 200 g/mol. The van der Waals surface area contributed by atoms with E-state index in [9.17, 15) is 9.59 Å². The van der Waals surface area contributed by atoms with Crippen molar-refractivity contribution in [3.8, 4) is 0 Å². The van der Waals surface area contributed by atoms with Crippen LogP contribution < -0.4 is 5.32 Å². The van der Waals surface area contributed by atoms with E-state index in [1.54, 1.807) is 12.0 Å². The largest absolute Gasteiger partial charge is 0.381 e. The molecule has 1 aliphatic rings. The zero-order valence-electron chi connectivity index (χ0n) is 8.36. The van der Waals surface area contributed by atoms with E-state index in [1.165, 1.54) is 0 Å². The molecule has 1 saturated heterocycles. The zero-order chi connectivity index (χ0) is 10.4. The molecule has 0 aromatic carbocycles. The molecular formula is C9H16N2O3.